The monoisotopic (exact) mass is 598 g/mol. The summed E-state index contributed by atoms with van der Waals surface area (Å²) >= 11 is 6.29. The second-order valence-electron chi connectivity index (χ2n) is 10.4. The number of nitrogens with one attached hydrogen (secondary N) is 3. The first kappa shape index (κ1) is 28.7. The molecule has 1 fully saturated rings. The lowest BCUT2D eigenvalue weighted by Gasteiger charge is -2.27. The van der Waals surface area contributed by atoms with Crippen molar-refractivity contribution in [1.29, 1.82) is 0 Å². The van der Waals surface area contributed by atoms with Crippen LogP contribution in [0.3, 0.4) is 0 Å². The van der Waals surface area contributed by atoms with Crippen molar-refractivity contribution in [2.45, 2.75) is 25.8 Å². The summed E-state index contributed by atoms with van der Waals surface area (Å²) in [6.07, 6.45) is 3.50. The molecule has 0 saturated carbocycles. The first-order chi connectivity index (χ1) is 21.1. The summed E-state index contributed by atoms with van der Waals surface area (Å²) in [5.41, 5.74) is 3.79. The van der Waals surface area contributed by atoms with Crippen LogP contribution in [0.25, 0.3) is 21.8 Å². The number of methoxy groups -OCH3 is 2. The van der Waals surface area contributed by atoms with Gasteiger partial charge in [-0.1, -0.05) is 17.7 Å². The Hall–Kier alpha value is -4.41. The molecule has 5 aromatic rings. The van der Waals surface area contributed by atoms with E-state index in [1.165, 1.54) is 6.42 Å². The van der Waals surface area contributed by atoms with Gasteiger partial charge in [-0.2, -0.15) is 15.0 Å². The number of hydrogen-bond acceptors (Lipinski definition) is 10. The van der Waals surface area contributed by atoms with Crippen LogP contribution < -0.4 is 30.3 Å². The summed E-state index contributed by atoms with van der Waals surface area (Å²) in [6.45, 7) is 3.84. The van der Waals surface area contributed by atoms with E-state index in [1.807, 2.05) is 60.7 Å². The van der Waals surface area contributed by atoms with E-state index in [0.717, 1.165) is 70.5 Å². The van der Waals surface area contributed by atoms with Gasteiger partial charge in [0.1, 0.15) is 11.5 Å². The van der Waals surface area contributed by atoms with Gasteiger partial charge in [0.05, 0.1) is 25.3 Å². The van der Waals surface area contributed by atoms with Crippen LogP contribution in [0.5, 0.6) is 11.5 Å². The topological polar surface area (TPSA) is 109 Å². The number of nitrogens with zero attached hydrogens (tertiary/aromatic N) is 5. The number of pyridine rings is 1. The van der Waals surface area contributed by atoms with Gasteiger partial charge in [-0.25, -0.2) is 4.98 Å². The zero-order valence-corrected chi connectivity index (χ0v) is 25.1. The third-order valence-electron chi connectivity index (χ3n) is 7.55. The number of aromatic nitrogens is 4. The SMILES string of the molecule is COc1ccc(Nc2nc(NCCNCc3c4ccc(Cl)cc4nc4ccc(OC)cc34)nc(N3CCCCC3)n2)cc1. The fourth-order valence-electron chi connectivity index (χ4n) is 5.31. The molecule has 43 heavy (non-hydrogen) atoms. The van der Waals surface area contributed by atoms with E-state index < -0.39 is 0 Å². The minimum atomic E-state index is 0.499. The average molecular weight is 599 g/mol. The van der Waals surface area contributed by atoms with Gasteiger partial charge in [-0.05, 0) is 79.4 Å². The van der Waals surface area contributed by atoms with Gasteiger partial charge >= 0.3 is 0 Å². The number of hydrogen-bond donors (Lipinski definition) is 3. The van der Waals surface area contributed by atoms with Crippen molar-refractivity contribution in [1.82, 2.24) is 25.3 Å². The standard InChI is InChI=1S/C32H35ClN8O2/c1-42-23-9-7-22(8-10-23)36-31-38-30(39-32(40-31)41-16-4-3-5-17-41)35-15-14-34-20-27-25-12-6-21(33)18-29(25)37-28-13-11-24(43-2)19-26(27)28/h6-13,18-19,34H,3-5,14-17,20H2,1-2H3,(H2,35,36,38,39,40). The third-order valence-corrected chi connectivity index (χ3v) is 7.79. The lowest BCUT2D eigenvalue weighted by Crippen LogP contribution is -2.31. The van der Waals surface area contributed by atoms with Crippen LogP contribution in [0.1, 0.15) is 24.8 Å². The molecule has 6 rings (SSSR count). The first-order valence-electron chi connectivity index (χ1n) is 14.5. The van der Waals surface area contributed by atoms with Crippen molar-refractivity contribution < 1.29 is 9.47 Å². The maximum atomic E-state index is 6.29. The molecule has 3 N–H and O–H groups in total. The third kappa shape index (κ3) is 6.81. The summed E-state index contributed by atoms with van der Waals surface area (Å²) in [5.74, 6) is 3.30. The van der Waals surface area contributed by atoms with Crippen molar-refractivity contribution in [2.24, 2.45) is 0 Å². The predicted octanol–water partition coefficient (Wildman–Crippen LogP) is 6.18. The van der Waals surface area contributed by atoms with Crippen molar-refractivity contribution in [3.8, 4) is 11.5 Å². The van der Waals surface area contributed by atoms with Crippen molar-refractivity contribution in [3.05, 3.63) is 71.2 Å². The summed E-state index contributed by atoms with van der Waals surface area (Å²) in [4.78, 5) is 21.2. The van der Waals surface area contributed by atoms with Crippen LogP contribution in [-0.2, 0) is 6.54 Å². The van der Waals surface area contributed by atoms with Gasteiger partial charge in [-0.3, -0.25) is 0 Å². The molecule has 1 aliphatic rings. The van der Waals surface area contributed by atoms with Crippen LogP contribution in [0.4, 0.5) is 23.5 Å². The largest absolute Gasteiger partial charge is 0.497 e. The molecule has 2 aromatic heterocycles. The zero-order valence-electron chi connectivity index (χ0n) is 24.4. The molecule has 3 aromatic carbocycles. The van der Waals surface area contributed by atoms with Crippen LogP contribution in [-0.4, -0.2) is 60.3 Å². The lowest BCUT2D eigenvalue weighted by atomic mass is 10.0. The van der Waals surface area contributed by atoms with Gasteiger partial charge in [0.15, 0.2) is 0 Å². The average Bonchev–Trinajstić information content (AvgIpc) is 3.04. The molecule has 0 atom stereocenters. The van der Waals surface area contributed by atoms with Crippen LogP contribution in [0.15, 0.2) is 60.7 Å². The molecule has 1 saturated heterocycles. The molecule has 0 spiro atoms. The van der Waals surface area contributed by atoms with Gasteiger partial charge < -0.3 is 30.3 Å². The Morgan fingerprint density at radius 3 is 2.30 bits per heavy atom. The fraction of sp³-hybridized carbons (Fsp3) is 0.312. The number of anilines is 4. The minimum Gasteiger partial charge on any atom is -0.497 e. The highest BCUT2D eigenvalue weighted by molar-refractivity contribution is 6.31. The second-order valence-corrected chi connectivity index (χ2v) is 10.9. The van der Waals surface area contributed by atoms with Gasteiger partial charge in [0, 0.05) is 54.2 Å². The Bertz CT molecular complexity index is 1710. The maximum Gasteiger partial charge on any atom is 0.233 e. The summed E-state index contributed by atoms with van der Waals surface area (Å²) < 4.78 is 10.8. The molecule has 11 heteroatoms. The quantitative estimate of drug-likeness (QED) is 0.120. The van der Waals surface area contributed by atoms with Crippen molar-refractivity contribution in [2.75, 3.05) is 55.9 Å². The van der Waals surface area contributed by atoms with Crippen LogP contribution >= 0.6 is 11.6 Å². The Balaban J connectivity index is 1.17. The van der Waals surface area contributed by atoms with Crippen molar-refractivity contribution in [3.63, 3.8) is 0 Å². The highest BCUT2D eigenvalue weighted by Gasteiger charge is 2.17. The summed E-state index contributed by atoms with van der Waals surface area (Å²) in [6, 6.07) is 19.5. The number of fused-ring (bicyclic) bond motifs is 2. The fourth-order valence-corrected chi connectivity index (χ4v) is 5.48. The van der Waals surface area contributed by atoms with E-state index in [0.29, 0.717) is 42.5 Å². The normalized spacial score (nSPS) is 13.3. The number of rotatable bonds is 11. The van der Waals surface area contributed by atoms with Gasteiger partial charge in [-0.15, -0.1) is 0 Å². The smallest absolute Gasteiger partial charge is 0.233 e. The predicted molar refractivity (Wildman–Crippen MR) is 173 cm³/mol. The van der Waals surface area contributed by atoms with E-state index in [4.69, 9.17) is 36.0 Å². The van der Waals surface area contributed by atoms with Gasteiger partial charge in [0.2, 0.25) is 17.8 Å². The number of halogens is 1. The number of piperidine rings is 1. The van der Waals surface area contributed by atoms with Crippen LogP contribution in [0.2, 0.25) is 5.02 Å². The zero-order chi connectivity index (χ0) is 29.6. The maximum absolute atomic E-state index is 6.29. The van der Waals surface area contributed by atoms with E-state index >= 15 is 0 Å². The molecule has 222 valence electrons. The molecule has 0 unspecified atom stereocenters. The van der Waals surface area contributed by atoms with Crippen LogP contribution in [0, 0.1) is 0 Å². The molecule has 0 aliphatic carbocycles. The molecule has 3 heterocycles. The lowest BCUT2D eigenvalue weighted by molar-refractivity contribution is 0.415. The van der Waals surface area contributed by atoms with Crippen molar-refractivity contribution >= 4 is 56.9 Å². The summed E-state index contributed by atoms with van der Waals surface area (Å²) in [5, 5.41) is 13.1. The minimum absolute atomic E-state index is 0.499. The van der Waals surface area contributed by atoms with E-state index in [1.54, 1.807) is 14.2 Å². The Labute approximate surface area is 255 Å². The Morgan fingerprint density at radius 1 is 0.744 bits per heavy atom. The number of benzene rings is 3. The number of ether oxygens (including phenoxy) is 2. The Kier molecular flexibility index (Phi) is 8.85. The highest BCUT2D eigenvalue weighted by Crippen LogP contribution is 2.30. The van der Waals surface area contributed by atoms with Gasteiger partial charge in [0.25, 0.3) is 0 Å². The van der Waals surface area contributed by atoms with E-state index in [9.17, 15) is 0 Å². The Morgan fingerprint density at radius 2 is 1.51 bits per heavy atom. The molecular weight excluding hydrogens is 564 g/mol. The first-order valence-corrected chi connectivity index (χ1v) is 14.9. The molecule has 0 radical (unpaired) electrons. The second kappa shape index (κ2) is 13.3. The highest BCUT2D eigenvalue weighted by atomic mass is 35.5. The molecule has 1 aliphatic heterocycles. The molecular formula is C32H35ClN8O2. The van der Waals surface area contributed by atoms with E-state index in [-0.39, 0.29) is 0 Å². The summed E-state index contributed by atoms with van der Waals surface area (Å²) in [7, 11) is 3.33. The molecule has 10 nitrogen and oxygen atoms in total. The molecule has 0 amide bonds. The molecule has 0 bridgehead atoms. The van der Waals surface area contributed by atoms with E-state index in [2.05, 4.69) is 25.8 Å².